The zero-order valence-electron chi connectivity index (χ0n) is 14.1. The number of aromatic nitrogens is 1. The van der Waals surface area contributed by atoms with E-state index in [9.17, 15) is 13.6 Å². The van der Waals surface area contributed by atoms with Crippen LogP contribution in [-0.2, 0) is 14.3 Å². The fraction of sp³-hybridized carbons (Fsp3) is 0.333. The van der Waals surface area contributed by atoms with Crippen LogP contribution < -0.4 is 0 Å². The van der Waals surface area contributed by atoms with Crippen LogP contribution in [0.3, 0.4) is 0 Å². The van der Waals surface area contributed by atoms with Crippen LogP contribution in [0.5, 0.6) is 0 Å². The van der Waals surface area contributed by atoms with Gasteiger partial charge >= 0.3 is 0 Å². The molecule has 2 aromatic rings. The zero-order valence-corrected chi connectivity index (χ0v) is 14.1. The molecule has 0 fully saturated rings. The molecule has 0 spiro atoms. The number of benzene rings is 1. The van der Waals surface area contributed by atoms with Crippen molar-refractivity contribution in [3.63, 3.8) is 0 Å². The highest BCUT2D eigenvalue weighted by Gasteiger charge is 2.26. The smallest absolute Gasteiger partial charge is 0.249 e. The van der Waals surface area contributed by atoms with Crippen molar-refractivity contribution >= 4 is 5.91 Å². The summed E-state index contributed by atoms with van der Waals surface area (Å²) < 4.78 is 37.7. The lowest BCUT2D eigenvalue weighted by Gasteiger charge is -2.29. The van der Waals surface area contributed by atoms with Gasteiger partial charge in [0, 0.05) is 38.2 Å². The Hall–Kier alpha value is -2.38. The highest BCUT2D eigenvalue weighted by atomic mass is 19.1. The second kappa shape index (κ2) is 9.19. The summed E-state index contributed by atoms with van der Waals surface area (Å²) in [6, 6.07) is 5.97. The van der Waals surface area contributed by atoms with Crippen molar-refractivity contribution < 1.29 is 23.0 Å². The molecule has 0 N–H and O–H groups in total. The summed E-state index contributed by atoms with van der Waals surface area (Å²) in [5, 5.41) is 0. The number of methoxy groups -OCH3 is 1. The third-order valence-corrected chi connectivity index (χ3v) is 3.70. The van der Waals surface area contributed by atoms with Crippen molar-refractivity contribution in [1.82, 2.24) is 9.88 Å². The number of ether oxygens (including phenoxy) is 2. The van der Waals surface area contributed by atoms with Crippen molar-refractivity contribution in [1.29, 1.82) is 0 Å². The van der Waals surface area contributed by atoms with Crippen molar-refractivity contribution in [2.24, 2.45) is 0 Å². The maximum absolute atomic E-state index is 14.3. The van der Waals surface area contributed by atoms with E-state index in [1.54, 1.807) is 31.6 Å². The van der Waals surface area contributed by atoms with E-state index in [0.717, 1.165) is 12.1 Å². The predicted octanol–water partition coefficient (Wildman–Crippen LogP) is 2.57. The van der Waals surface area contributed by atoms with E-state index in [0.29, 0.717) is 12.2 Å². The monoisotopic (exact) mass is 350 g/mol. The Balaban J connectivity index is 2.27. The van der Waals surface area contributed by atoms with Crippen LogP contribution in [0, 0.1) is 11.6 Å². The average Bonchev–Trinajstić information content (AvgIpc) is 2.61. The first kappa shape index (κ1) is 19.0. The van der Waals surface area contributed by atoms with Gasteiger partial charge in [0.15, 0.2) is 0 Å². The number of likely N-dealkylation sites (N-methyl/N-ethyl adjacent to an activating group) is 1. The molecule has 7 heteroatoms. The molecule has 5 nitrogen and oxygen atoms in total. The minimum atomic E-state index is -0.743. The second-order valence-corrected chi connectivity index (χ2v) is 5.40. The Labute approximate surface area is 145 Å². The average molecular weight is 350 g/mol. The Morgan fingerprint density at radius 1 is 1.28 bits per heavy atom. The summed E-state index contributed by atoms with van der Waals surface area (Å²) in [5.41, 5.74) is 0.794. The third-order valence-electron chi connectivity index (χ3n) is 3.70. The van der Waals surface area contributed by atoms with Crippen molar-refractivity contribution in [3.05, 3.63) is 65.5 Å². The second-order valence-electron chi connectivity index (χ2n) is 5.40. The maximum Gasteiger partial charge on any atom is 0.249 e. The van der Waals surface area contributed by atoms with E-state index in [1.165, 1.54) is 18.1 Å². The number of hydrogen-bond donors (Lipinski definition) is 0. The Morgan fingerprint density at radius 2 is 2.08 bits per heavy atom. The maximum atomic E-state index is 14.3. The molecule has 1 aromatic carbocycles. The predicted molar refractivity (Wildman–Crippen MR) is 87.9 cm³/mol. The van der Waals surface area contributed by atoms with Gasteiger partial charge in [0.2, 0.25) is 5.91 Å². The molecule has 134 valence electrons. The highest BCUT2D eigenvalue weighted by Crippen LogP contribution is 2.29. The molecule has 0 aliphatic rings. The molecule has 0 radical (unpaired) electrons. The molecule has 1 heterocycles. The minimum absolute atomic E-state index is 0.167. The quantitative estimate of drug-likeness (QED) is 0.687. The Bertz CT molecular complexity index is 698. The summed E-state index contributed by atoms with van der Waals surface area (Å²) in [6.07, 6.45) is 3.13. The van der Waals surface area contributed by atoms with Gasteiger partial charge in [0.1, 0.15) is 18.2 Å². The third kappa shape index (κ3) is 5.04. The molecule has 0 aliphatic carbocycles. The SMILES string of the molecule is COCCOCC(=O)N(C)C(c1cccnc1)c1ccc(F)cc1F. The molecule has 2 rings (SSSR count). The number of rotatable bonds is 8. The van der Waals surface area contributed by atoms with Crippen LogP contribution in [0.4, 0.5) is 8.78 Å². The summed E-state index contributed by atoms with van der Waals surface area (Å²) in [7, 11) is 3.08. The van der Waals surface area contributed by atoms with Crippen LogP contribution in [0.2, 0.25) is 0 Å². The van der Waals surface area contributed by atoms with Crippen LogP contribution in [0.25, 0.3) is 0 Å². The van der Waals surface area contributed by atoms with E-state index in [1.807, 2.05) is 0 Å². The Kier molecular flexibility index (Phi) is 6.97. The summed E-state index contributed by atoms with van der Waals surface area (Å²) in [5.74, 6) is -1.74. The topological polar surface area (TPSA) is 51.7 Å². The molecular formula is C18H20F2N2O3. The van der Waals surface area contributed by atoms with Gasteiger partial charge in [-0.15, -0.1) is 0 Å². The fourth-order valence-electron chi connectivity index (χ4n) is 2.42. The number of carbonyl (C=O) groups excluding carboxylic acids is 1. The van der Waals surface area contributed by atoms with Gasteiger partial charge in [0.05, 0.1) is 19.3 Å². The van der Waals surface area contributed by atoms with Crippen molar-refractivity contribution in [3.8, 4) is 0 Å². The molecule has 0 saturated carbocycles. The van der Waals surface area contributed by atoms with Gasteiger partial charge in [-0.25, -0.2) is 8.78 Å². The van der Waals surface area contributed by atoms with Crippen molar-refractivity contribution in [2.75, 3.05) is 34.0 Å². The van der Waals surface area contributed by atoms with E-state index < -0.39 is 17.7 Å². The van der Waals surface area contributed by atoms with Gasteiger partial charge in [-0.1, -0.05) is 12.1 Å². The van der Waals surface area contributed by atoms with Gasteiger partial charge in [-0.2, -0.15) is 0 Å². The largest absolute Gasteiger partial charge is 0.382 e. The molecule has 1 unspecified atom stereocenters. The summed E-state index contributed by atoms with van der Waals surface area (Å²) in [6.45, 7) is 0.480. The lowest BCUT2D eigenvalue weighted by atomic mass is 9.98. The van der Waals surface area contributed by atoms with Crippen molar-refractivity contribution in [2.45, 2.75) is 6.04 Å². The molecule has 25 heavy (non-hydrogen) atoms. The number of hydrogen-bond acceptors (Lipinski definition) is 4. The number of carbonyl (C=O) groups is 1. The molecule has 0 saturated heterocycles. The van der Waals surface area contributed by atoms with Gasteiger partial charge in [-0.3, -0.25) is 9.78 Å². The molecule has 1 atom stereocenters. The van der Waals surface area contributed by atoms with Crippen LogP contribution >= 0.6 is 0 Å². The standard InChI is InChI=1S/C18H20F2N2O3/c1-22(17(23)12-25-9-8-24-2)18(13-4-3-7-21-11-13)15-6-5-14(19)10-16(15)20/h3-7,10-11,18H,8-9,12H2,1-2H3. The molecule has 0 bridgehead atoms. The highest BCUT2D eigenvalue weighted by molar-refractivity contribution is 5.78. The summed E-state index contributed by atoms with van der Waals surface area (Å²) in [4.78, 5) is 17.8. The van der Waals surface area contributed by atoms with Gasteiger partial charge in [0.25, 0.3) is 0 Å². The molecule has 0 aliphatic heterocycles. The molecular weight excluding hydrogens is 330 g/mol. The molecule has 1 amide bonds. The van der Waals surface area contributed by atoms with E-state index in [2.05, 4.69) is 4.98 Å². The van der Waals surface area contributed by atoms with E-state index in [4.69, 9.17) is 9.47 Å². The molecule has 1 aromatic heterocycles. The van der Waals surface area contributed by atoms with Gasteiger partial charge in [-0.05, 0) is 17.7 Å². The number of amides is 1. The van der Waals surface area contributed by atoms with E-state index >= 15 is 0 Å². The number of pyridine rings is 1. The number of halogens is 2. The minimum Gasteiger partial charge on any atom is -0.382 e. The van der Waals surface area contributed by atoms with Gasteiger partial charge < -0.3 is 14.4 Å². The van der Waals surface area contributed by atoms with Crippen LogP contribution in [-0.4, -0.2) is 49.8 Å². The van der Waals surface area contributed by atoms with Crippen LogP contribution in [0.15, 0.2) is 42.7 Å². The first-order chi connectivity index (χ1) is 12.0. The first-order valence-corrected chi connectivity index (χ1v) is 7.71. The first-order valence-electron chi connectivity index (χ1n) is 7.71. The Morgan fingerprint density at radius 3 is 2.72 bits per heavy atom. The number of nitrogens with zero attached hydrogens (tertiary/aromatic N) is 2. The fourth-order valence-corrected chi connectivity index (χ4v) is 2.42. The zero-order chi connectivity index (χ0) is 18.2. The normalized spacial score (nSPS) is 12.0. The lowest BCUT2D eigenvalue weighted by molar-refractivity contribution is -0.136. The van der Waals surface area contributed by atoms with Crippen LogP contribution in [0.1, 0.15) is 17.2 Å². The summed E-state index contributed by atoms with van der Waals surface area (Å²) >= 11 is 0. The lowest BCUT2D eigenvalue weighted by Crippen LogP contribution is -2.35. The van der Waals surface area contributed by atoms with E-state index in [-0.39, 0.29) is 24.7 Å².